The molecular formula is C42H30ClF3N4O5S. The molecule has 0 saturated heterocycles. The minimum atomic E-state index is -4.67. The van der Waals surface area contributed by atoms with E-state index in [-0.39, 0.29) is 66.4 Å². The van der Waals surface area contributed by atoms with E-state index in [1.54, 1.807) is 51.1 Å². The van der Waals surface area contributed by atoms with E-state index in [0.29, 0.717) is 11.1 Å². The Morgan fingerprint density at radius 1 is 0.857 bits per heavy atom. The number of benzene rings is 5. The molecule has 1 aromatic heterocycles. The van der Waals surface area contributed by atoms with Gasteiger partial charge in [0, 0.05) is 43.8 Å². The van der Waals surface area contributed by atoms with E-state index in [1.807, 2.05) is 0 Å². The van der Waals surface area contributed by atoms with Crippen LogP contribution in [0.4, 0.5) is 13.2 Å². The second kappa shape index (κ2) is 15.4. The molecule has 0 unspecified atom stereocenters. The fourth-order valence-corrected chi connectivity index (χ4v) is 8.09. The summed E-state index contributed by atoms with van der Waals surface area (Å²) >= 11 is 6.72. The average Bonchev–Trinajstić information content (AvgIpc) is 3.50. The summed E-state index contributed by atoms with van der Waals surface area (Å²) in [6.45, 7) is 4.72. The molecule has 0 aliphatic rings. The van der Waals surface area contributed by atoms with Gasteiger partial charge in [-0.05, 0) is 87.0 Å². The van der Waals surface area contributed by atoms with Crippen molar-refractivity contribution in [2.45, 2.75) is 37.7 Å². The first-order chi connectivity index (χ1) is 26.5. The third kappa shape index (κ3) is 7.73. The predicted octanol–water partition coefficient (Wildman–Crippen LogP) is 9.42. The summed E-state index contributed by atoms with van der Waals surface area (Å²) in [5.74, 6) is -1.95. The highest BCUT2D eigenvalue weighted by molar-refractivity contribution is 7.90. The first kappa shape index (κ1) is 39.3. The van der Waals surface area contributed by atoms with Crippen molar-refractivity contribution in [2.75, 3.05) is 6.54 Å². The number of fused-ring (bicyclic) bond motifs is 1. The van der Waals surface area contributed by atoms with Gasteiger partial charge < -0.3 is 10.1 Å². The van der Waals surface area contributed by atoms with Crippen molar-refractivity contribution in [3.8, 4) is 45.6 Å². The topological polar surface area (TPSA) is 142 Å². The molecule has 56 heavy (non-hydrogen) atoms. The van der Waals surface area contributed by atoms with Gasteiger partial charge in [-0.3, -0.25) is 9.59 Å². The second-order valence-electron chi connectivity index (χ2n) is 13.5. The molecule has 0 fully saturated rings. The minimum absolute atomic E-state index is 0.00651. The Morgan fingerprint density at radius 2 is 1.50 bits per heavy atom. The van der Waals surface area contributed by atoms with E-state index < -0.39 is 45.3 Å². The number of nitriles is 2. The van der Waals surface area contributed by atoms with Gasteiger partial charge in [-0.25, -0.2) is 25.6 Å². The number of carbonyl (C=O) groups excluding carboxylic acids is 2. The first-order valence-electron chi connectivity index (χ1n) is 16.9. The Labute approximate surface area is 325 Å². The lowest BCUT2D eigenvalue weighted by Crippen LogP contribution is -2.34. The molecule has 1 N–H and O–H groups in total. The zero-order chi connectivity index (χ0) is 40.5. The molecule has 0 aliphatic carbocycles. The van der Waals surface area contributed by atoms with Crippen molar-refractivity contribution in [2.24, 2.45) is 0 Å². The van der Waals surface area contributed by atoms with Crippen LogP contribution in [0.15, 0.2) is 108 Å². The monoisotopic (exact) mass is 794 g/mol. The number of ether oxygens (including phenoxy) is 1. The third-order valence-corrected chi connectivity index (χ3v) is 10.6. The van der Waals surface area contributed by atoms with Crippen molar-refractivity contribution in [1.29, 1.82) is 10.5 Å². The minimum Gasteiger partial charge on any atom is -0.459 e. The highest BCUT2D eigenvalue weighted by Gasteiger charge is 2.31. The molecule has 0 saturated carbocycles. The number of alkyl halides is 2. The van der Waals surface area contributed by atoms with E-state index in [0.717, 1.165) is 40.4 Å². The van der Waals surface area contributed by atoms with Crippen molar-refractivity contribution in [3.05, 3.63) is 136 Å². The molecule has 9 nitrogen and oxygen atoms in total. The molecule has 0 spiro atoms. The Hall–Kier alpha value is -6.41. The van der Waals surface area contributed by atoms with Crippen molar-refractivity contribution < 1.29 is 35.9 Å². The zero-order valence-electron chi connectivity index (χ0n) is 29.9. The maximum absolute atomic E-state index is 15.1. The Balaban J connectivity index is 1.57. The fourth-order valence-electron chi connectivity index (χ4n) is 6.25. The maximum Gasteiger partial charge on any atom is 0.325 e. The van der Waals surface area contributed by atoms with Crippen LogP contribution < -0.4 is 5.32 Å². The van der Waals surface area contributed by atoms with E-state index in [9.17, 15) is 37.3 Å². The van der Waals surface area contributed by atoms with Crippen LogP contribution in [-0.4, -0.2) is 36.4 Å². The number of hydrogen-bond acceptors (Lipinski definition) is 7. The molecule has 6 rings (SSSR count). The summed E-state index contributed by atoms with van der Waals surface area (Å²) in [5, 5.41) is 23.1. The van der Waals surface area contributed by atoms with Crippen LogP contribution in [0, 0.1) is 28.5 Å². The first-order valence-corrected chi connectivity index (χ1v) is 18.7. The molecular weight excluding hydrogens is 765 g/mol. The number of hydrogen-bond donors (Lipinski definition) is 1. The Kier molecular flexibility index (Phi) is 10.8. The van der Waals surface area contributed by atoms with Gasteiger partial charge in [-0.15, -0.1) is 0 Å². The molecule has 0 atom stereocenters. The van der Waals surface area contributed by atoms with Gasteiger partial charge in [0.05, 0.1) is 39.4 Å². The van der Waals surface area contributed by atoms with E-state index in [4.69, 9.17) is 16.3 Å². The lowest BCUT2D eigenvalue weighted by molar-refractivity contribution is -0.153. The smallest absolute Gasteiger partial charge is 0.325 e. The van der Waals surface area contributed by atoms with Gasteiger partial charge in [0.2, 0.25) is 0 Å². The van der Waals surface area contributed by atoms with Gasteiger partial charge in [0.25, 0.3) is 22.4 Å². The van der Waals surface area contributed by atoms with Crippen LogP contribution in [0.5, 0.6) is 0 Å². The molecule has 1 heterocycles. The van der Waals surface area contributed by atoms with Crippen molar-refractivity contribution in [3.63, 3.8) is 0 Å². The highest BCUT2D eigenvalue weighted by atomic mass is 35.5. The summed E-state index contributed by atoms with van der Waals surface area (Å²) in [7, 11) is -4.67. The quantitative estimate of drug-likeness (QED) is 0.144. The fraction of sp³-hybridized carbons (Fsp3) is 0.143. The Bertz CT molecular complexity index is 2710. The second-order valence-corrected chi connectivity index (χ2v) is 15.7. The lowest BCUT2D eigenvalue weighted by atomic mass is 9.90. The van der Waals surface area contributed by atoms with Crippen LogP contribution >= 0.6 is 11.6 Å². The zero-order valence-corrected chi connectivity index (χ0v) is 31.5. The molecule has 5 aromatic carbocycles. The van der Waals surface area contributed by atoms with Gasteiger partial charge >= 0.3 is 5.97 Å². The number of carbonyl (C=O) groups is 2. The van der Waals surface area contributed by atoms with Crippen LogP contribution in [0.1, 0.15) is 54.2 Å². The normalized spacial score (nSPS) is 11.6. The number of esters is 1. The molecule has 0 aliphatic heterocycles. The predicted molar refractivity (Wildman–Crippen MR) is 205 cm³/mol. The summed E-state index contributed by atoms with van der Waals surface area (Å²) in [6.07, 6.45) is -2.86. The number of amides is 1. The van der Waals surface area contributed by atoms with Gasteiger partial charge in [-0.1, -0.05) is 54.1 Å². The Morgan fingerprint density at radius 3 is 2.11 bits per heavy atom. The van der Waals surface area contributed by atoms with E-state index in [1.165, 1.54) is 36.4 Å². The highest BCUT2D eigenvalue weighted by Crippen LogP contribution is 2.46. The average molecular weight is 795 g/mol. The number of halogens is 4. The third-order valence-electron chi connectivity index (χ3n) is 8.60. The number of nitrogens with zero attached hydrogens (tertiary/aromatic N) is 3. The standard InChI is InChI=1S/C42H30ClF3N4O5S/c1-42(2,3)55-36(51)23-49-41(52)27-12-16-32(34(43)19-27)25-6-4-7-26(18-25)39-38(37-28(21-47)8-5-9-29(37)22-48)33-20-30(44)13-17-35(33)50(39)56(53,54)31-14-10-24(11-15-31)40(45)46/h4-20,40H,23H2,1-3H3,(H,49,52). The molecule has 282 valence electrons. The summed E-state index contributed by atoms with van der Waals surface area (Å²) in [4.78, 5) is 24.7. The van der Waals surface area contributed by atoms with Gasteiger partial charge in [0.15, 0.2) is 0 Å². The molecule has 6 aromatic rings. The number of rotatable bonds is 9. The van der Waals surface area contributed by atoms with Crippen LogP contribution in [-0.2, 0) is 19.6 Å². The van der Waals surface area contributed by atoms with Crippen LogP contribution in [0.3, 0.4) is 0 Å². The largest absolute Gasteiger partial charge is 0.459 e. The lowest BCUT2D eigenvalue weighted by Gasteiger charge is -2.19. The maximum atomic E-state index is 15.1. The summed E-state index contributed by atoms with van der Waals surface area (Å²) < 4.78 is 77.7. The van der Waals surface area contributed by atoms with E-state index >= 15 is 4.39 Å². The SMILES string of the molecule is CC(C)(C)OC(=O)CNC(=O)c1ccc(-c2cccc(-c3c(-c4c(C#N)cccc4C#N)c4cc(F)ccc4n3S(=O)(=O)c3ccc(C(F)F)cc3)c2)c(Cl)c1. The molecule has 14 heteroatoms. The molecule has 0 bridgehead atoms. The van der Waals surface area contributed by atoms with Gasteiger partial charge in [-0.2, -0.15) is 10.5 Å². The van der Waals surface area contributed by atoms with Crippen LogP contribution in [0.25, 0.3) is 44.4 Å². The number of nitrogens with one attached hydrogen (secondary N) is 1. The van der Waals surface area contributed by atoms with Gasteiger partial charge in [0.1, 0.15) is 18.0 Å². The summed E-state index contributed by atoms with van der Waals surface area (Å²) in [6, 6.07) is 26.9. The summed E-state index contributed by atoms with van der Waals surface area (Å²) in [5.41, 5.74) is 0.157. The number of aromatic nitrogens is 1. The van der Waals surface area contributed by atoms with Crippen molar-refractivity contribution >= 4 is 44.4 Å². The molecule has 1 amide bonds. The molecule has 0 radical (unpaired) electrons. The van der Waals surface area contributed by atoms with E-state index in [2.05, 4.69) is 17.5 Å². The van der Waals surface area contributed by atoms with Crippen LogP contribution in [0.2, 0.25) is 5.02 Å². The van der Waals surface area contributed by atoms with Crippen molar-refractivity contribution in [1.82, 2.24) is 9.29 Å².